The van der Waals surface area contributed by atoms with Crippen LogP contribution in [0.3, 0.4) is 0 Å². The summed E-state index contributed by atoms with van der Waals surface area (Å²) in [6.07, 6.45) is 0. The molecule has 230 valence electrons. The van der Waals surface area contributed by atoms with Gasteiger partial charge in [0.15, 0.2) is 11.4 Å². The van der Waals surface area contributed by atoms with E-state index in [9.17, 15) is 13.3 Å². The van der Waals surface area contributed by atoms with E-state index < -0.39 is 0 Å². The number of hydrogen-bond acceptors (Lipinski definition) is 4. The molecule has 0 radical (unpaired) electrons. The molecule has 0 saturated heterocycles. The molecule has 0 spiro atoms. The van der Waals surface area contributed by atoms with E-state index in [4.69, 9.17) is 22.6 Å². The number of fused-ring (bicyclic) bond motifs is 8. The first-order chi connectivity index (χ1) is 26.4. The predicted molar refractivity (Wildman–Crippen MR) is 205 cm³/mol. The van der Waals surface area contributed by atoms with Crippen LogP contribution in [-0.4, -0.2) is 13.4 Å². The average molecular weight is 656 g/mol. The monoisotopic (exact) mass is 656 g/mol. The highest BCUT2D eigenvalue weighted by molar-refractivity contribution is 7.01. The second kappa shape index (κ2) is 9.18. The Labute approximate surface area is 300 Å². The van der Waals surface area contributed by atoms with Gasteiger partial charge in [-0.1, -0.05) is 65.5 Å². The molecule has 8 aromatic rings. The minimum Gasteiger partial charge on any atom is -0.461 e. The molecule has 8 aromatic carbocycles. The van der Waals surface area contributed by atoms with Gasteiger partial charge in [0.25, 0.3) is 13.4 Å². The van der Waals surface area contributed by atoms with Crippen molar-refractivity contribution in [2.24, 2.45) is 0 Å². The zero-order chi connectivity index (χ0) is 36.3. The Morgan fingerprint density at radius 2 is 1.06 bits per heavy atom. The number of ether oxygens (including phenoxy) is 2. The third-order valence-electron chi connectivity index (χ3n) is 11.4. The number of benzene rings is 8. The number of nitriles is 2. The highest BCUT2D eigenvalue weighted by Crippen LogP contribution is 2.47. The molecule has 12 rings (SSSR count). The minimum absolute atomic E-state index is 0.307. The molecule has 4 heterocycles. The van der Waals surface area contributed by atoms with E-state index in [2.05, 4.69) is 34.0 Å². The summed E-state index contributed by atoms with van der Waals surface area (Å²) in [6.45, 7) is 15.0. The molecular formula is C44H16B2N4O2. The van der Waals surface area contributed by atoms with E-state index >= 15 is 0 Å². The molecule has 8 heteroatoms. The molecule has 0 aromatic heterocycles. The van der Waals surface area contributed by atoms with E-state index in [1.165, 1.54) is 0 Å². The summed E-state index contributed by atoms with van der Waals surface area (Å²) in [5, 5.41) is 25.1. The van der Waals surface area contributed by atoms with Crippen molar-refractivity contribution < 1.29 is 12.2 Å². The van der Waals surface area contributed by atoms with E-state index in [0.717, 1.165) is 87.3 Å². The Bertz CT molecular complexity index is 3160. The van der Waals surface area contributed by atoms with E-state index in [0.29, 0.717) is 57.6 Å². The van der Waals surface area contributed by atoms with Crippen molar-refractivity contribution in [3.05, 3.63) is 131 Å². The smallest absolute Gasteiger partial charge is 0.252 e. The van der Waals surface area contributed by atoms with Crippen LogP contribution in [0.1, 0.15) is 13.9 Å². The molecule has 6 nitrogen and oxygen atoms in total. The number of nitrogens with zero attached hydrogens (tertiary/aromatic N) is 4. The number of rotatable bonds is 0. The second-order valence-corrected chi connectivity index (χ2v) is 13.8. The van der Waals surface area contributed by atoms with Crippen LogP contribution in [-0.2, 0) is 0 Å². The van der Waals surface area contributed by atoms with E-state index in [1.54, 1.807) is 36.4 Å². The molecule has 4 aliphatic rings. The quantitative estimate of drug-likeness (QED) is 0.104. The van der Waals surface area contributed by atoms with Crippen molar-refractivity contribution in [2.75, 3.05) is 0 Å². The fraction of sp³-hybridized carbons (Fsp3) is 0. The average Bonchev–Trinajstić information content (AvgIpc) is 3.20. The van der Waals surface area contributed by atoms with E-state index in [1.807, 2.05) is 36.4 Å². The molecular weight excluding hydrogens is 638 g/mol. The van der Waals surface area contributed by atoms with Gasteiger partial charge in [0.05, 0.1) is 39.2 Å². The van der Waals surface area contributed by atoms with Crippen molar-refractivity contribution in [3.63, 3.8) is 0 Å². The lowest BCUT2D eigenvalue weighted by atomic mass is 9.32. The van der Waals surface area contributed by atoms with Crippen LogP contribution in [0, 0.1) is 35.8 Å². The molecule has 0 amide bonds. The van der Waals surface area contributed by atoms with Crippen LogP contribution in [0.15, 0.2) is 97.0 Å². The summed E-state index contributed by atoms with van der Waals surface area (Å²) < 4.78 is 32.2. The Morgan fingerprint density at radius 3 is 1.67 bits per heavy atom. The first-order valence-electron chi connectivity index (χ1n) is 17.7. The minimum atomic E-state index is -0.315. The molecule has 0 unspecified atom stereocenters. The topological polar surface area (TPSA) is 74.8 Å². The Hall–Kier alpha value is -7.51. The summed E-state index contributed by atoms with van der Waals surface area (Å²) in [4.78, 5) is 7.44. The molecule has 4 aliphatic heterocycles. The second-order valence-electron chi connectivity index (χ2n) is 13.8. The van der Waals surface area contributed by atoms with E-state index in [-0.39, 0.29) is 13.4 Å². The zero-order valence-electron chi connectivity index (χ0n) is 28.8. The van der Waals surface area contributed by atoms with Gasteiger partial charge in [-0.3, -0.25) is 0 Å². The van der Waals surface area contributed by atoms with Crippen LogP contribution in [0.4, 0.5) is 11.4 Å². The van der Waals surface area contributed by atoms with Gasteiger partial charge in [-0.05, 0) is 119 Å². The maximum absolute atomic E-state index is 10.2. The molecule has 0 aliphatic carbocycles. The summed E-state index contributed by atoms with van der Waals surface area (Å²) >= 11 is 0. The molecule has 0 fully saturated rings. The fourth-order valence-corrected chi connectivity index (χ4v) is 9.43. The normalized spacial score (nSPS) is 13.7. The van der Waals surface area contributed by atoms with Crippen LogP contribution < -0.4 is 42.3 Å². The summed E-state index contributed by atoms with van der Waals surface area (Å²) in [5.41, 5.74) is 10.6. The lowest BCUT2D eigenvalue weighted by Crippen LogP contribution is -2.58. The van der Waals surface area contributed by atoms with Crippen molar-refractivity contribution in [2.45, 2.75) is 0 Å². The SMILES string of the molecule is [2H]c1cc2c3c(cc4c([2H])cc5c6c(cc1c3c46)B1c3ccc([N+]#[C-])cc3Oc3cc([N+]#[C-])cc-5c31)B1c3ccc(C#N)cc3Oc3cc(C#N)cc-2c31. The van der Waals surface area contributed by atoms with Crippen molar-refractivity contribution >= 4 is 89.9 Å². The Morgan fingerprint density at radius 1 is 0.519 bits per heavy atom. The first kappa shape index (κ1) is 25.5. The highest BCUT2D eigenvalue weighted by Gasteiger charge is 2.43. The van der Waals surface area contributed by atoms with Gasteiger partial charge in [-0.25, -0.2) is 9.69 Å². The maximum atomic E-state index is 10.2. The molecule has 0 saturated carbocycles. The van der Waals surface area contributed by atoms with Gasteiger partial charge in [0.1, 0.15) is 23.0 Å². The van der Waals surface area contributed by atoms with Crippen LogP contribution in [0.2, 0.25) is 0 Å². The lowest BCUT2D eigenvalue weighted by molar-refractivity contribution is 0.487. The first-order valence-corrected chi connectivity index (χ1v) is 16.7. The summed E-state index contributed by atoms with van der Waals surface area (Å²) in [6, 6.07) is 31.4. The standard InChI is InChI=1S/C44H16B2N4O2/c1-49-25-6-10-32-36(17-25)52-38-18-26(50-2)16-30-28-8-5-24-14-33-41-27(7-4-23-15-34(46(32)44(30)38)42(28)40(24)39(23)41)29-11-22(20-48)13-37-43(29)45(33)31-9-3-21(19-47)12-35(31)51-37/h3-18H/i4D,5D. The molecule has 52 heavy (non-hydrogen) atoms. The maximum Gasteiger partial charge on any atom is 0.252 e. The van der Waals surface area contributed by atoms with Gasteiger partial charge in [-0.2, -0.15) is 10.5 Å². The van der Waals surface area contributed by atoms with Crippen LogP contribution >= 0.6 is 0 Å². The van der Waals surface area contributed by atoms with Crippen molar-refractivity contribution in [1.29, 1.82) is 10.5 Å². The summed E-state index contributed by atoms with van der Waals surface area (Å²) in [5.74, 6) is 2.21. The van der Waals surface area contributed by atoms with Crippen LogP contribution in [0.5, 0.6) is 23.0 Å². The highest BCUT2D eigenvalue weighted by atomic mass is 16.5. The van der Waals surface area contributed by atoms with Gasteiger partial charge < -0.3 is 9.47 Å². The lowest BCUT2D eigenvalue weighted by Gasteiger charge is -2.36. The predicted octanol–water partition coefficient (Wildman–Crippen LogP) is 6.63. The fourth-order valence-electron chi connectivity index (χ4n) is 9.43. The van der Waals surface area contributed by atoms with Crippen molar-refractivity contribution in [3.8, 4) is 57.4 Å². The molecule has 0 bridgehead atoms. The van der Waals surface area contributed by atoms with Gasteiger partial charge in [0, 0.05) is 0 Å². The zero-order valence-corrected chi connectivity index (χ0v) is 26.8. The van der Waals surface area contributed by atoms with Gasteiger partial charge in [-0.15, -0.1) is 0 Å². The number of hydrogen-bond donors (Lipinski definition) is 0. The molecule has 0 N–H and O–H groups in total. The Balaban J connectivity index is 1.28. The van der Waals surface area contributed by atoms with Gasteiger partial charge in [0.2, 0.25) is 0 Å². The Kier molecular flexibility index (Phi) is 4.49. The van der Waals surface area contributed by atoms with Gasteiger partial charge >= 0.3 is 0 Å². The largest absolute Gasteiger partial charge is 0.461 e. The van der Waals surface area contributed by atoms with Crippen LogP contribution in [0.25, 0.3) is 64.3 Å². The molecule has 0 atom stereocenters. The third kappa shape index (κ3) is 3.15. The van der Waals surface area contributed by atoms with Crippen molar-refractivity contribution in [1.82, 2.24) is 0 Å². The summed E-state index contributed by atoms with van der Waals surface area (Å²) in [7, 11) is 0. The third-order valence-corrected chi connectivity index (χ3v) is 11.4.